The molecule has 94 valence electrons. The Morgan fingerprint density at radius 1 is 1.20 bits per heavy atom. The van der Waals surface area contributed by atoms with Crippen LogP contribution in [0.25, 0.3) is 0 Å². The number of halogens is 3. The van der Waals surface area contributed by atoms with Gasteiger partial charge in [-0.25, -0.2) is 0 Å². The first kappa shape index (κ1) is 17.3. The van der Waals surface area contributed by atoms with Crippen molar-refractivity contribution >= 4 is 8.07 Å². The fourth-order valence-corrected chi connectivity index (χ4v) is 3.60. The van der Waals surface area contributed by atoms with E-state index in [0.29, 0.717) is 0 Å². The molecular weight excluding hydrogens is 221 g/mol. The van der Waals surface area contributed by atoms with E-state index >= 15 is 0 Å². The summed E-state index contributed by atoms with van der Waals surface area (Å²) < 4.78 is 35.4. The molecule has 0 saturated heterocycles. The van der Waals surface area contributed by atoms with Crippen molar-refractivity contribution in [3.05, 3.63) is 0 Å². The number of hydrogen-bond donors (Lipinski definition) is 2. The Morgan fingerprint density at radius 2 is 1.67 bits per heavy atom. The van der Waals surface area contributed by atoms with Crippen LogP contribution in [0.4, 0.5) is 13.2 Å². The quantitative estimate of drug-likeness (QED) is 0.729. The van der Waals surface area contributed by atoms with Gasteiger partial charge >= 0.3 is 6.18 Å². The van der Waals surface area contributed by atoms with Crippen molar-refractivity contribution in [3.8, 4) is 0 Å². The molecule has 0 spiro atoms. The molecule has 0 saturated carbocycles. The summed E-state index contributed by atoms with van der Waals surface area (Å²) in [5.74, 6) is 0. The van der Waals surface area contributed by atoms with Crippen molar-refractivity contribution in [3.63, 3.8) is 0 Å². The second kappa shape index (κ2) is 8.12. The van der Waals surface area contributed by atoms with Gasteiger partial charge in [0.25, 0.3) is 0 Å². The summed E-state index contributed by atoms with van der Waals surface area (Å²) in [5, 5.41) is 3.04. The third-order valence-electron chi connectivity index (χ3n) is 1.97. The summed E-state index contributed by atoms with van der Waals surface area (Å²) in [4.78, 5) is 0. The van der Waals surface area contributed by atoms with E-state index in [4.69, 9.17) is 0 Å². The SMILES string of the molecule is CN.CNC[Si](C)(C)CCCC(F)(F)F. The predicted molar refractivity (Wildman–Crippen MR) is 61.6 cm³/mol. The summed E-state index contributed by atoms with van der Waals surface area (Å²) in [6, 6.07) is 0.743. The lowest BCUT2D eigenvalue weighted by atomic mass is 10.3. The van der Waals surface area contributed by atoms with Gasteiger partial charge in [-0.15, -0.1) is 0 Å². The lowest BCUT2D eigenvalue weighted by Gasteiger charge is -2.21. The van der Waals surface area contributed by atoms with Crippen LogP contribution in [0.3, 0.4) is 0 Å². The Balaban J connectivity index is 0. The summed E-state index contributed by atoms with van der Waals surface area (Å²) in [6.07, 6.45) is -3.44. The Hall–Kier alpha value is -0.0731. The van der Waals surface area contributed by atoms with Gasteiger partial charge in [-0.05, 0) is 26.7 Å². The van der Waals surface area contributed by atoms with Crippen molar-refractivity contribution in [1.29, 1.82) is 0 Å². The number of nitrogens with one attached hydrogen (secondary N) is 1. The first-order valence-corrected chi connectivity index (χ1v) is 8.47. The molecule has 0 heterocycles. The van der Waals surface area contributed by atoms with E-state index in [2.05, 4.69) is 24.1 Å². The van der Waals surface area contributed by atoms with E-state index in [1.807, 2.05) is 7.05 Å². The van der Waals surface area contributed by atoms with Crippen molar-refractivity contribution < 1.29 is 13.2 Å². The van der Waals surface area contributed by atoms with Gasteiger partial charge in [-0.1, -0.05) is 19.1 Å². The highest BCUT2D eigenvalue weighted by molar-refractivity contribution is 6.77. The van der Waals surface area contributed by atoms with E-state index in [0.717, 1.165) is 12.2 Å². The molecule has 0 aromatic carbocycles. The van der Waals surface area contributed by atoms with E-state index < -0.39 is 20.7 Å². The third-order valence-corrected chi connectivity index (χ3v) is 4.99. The number of rotatable bonds is 5. The second-order valence-corrected chi connectivity index (χ2v) is 9.35. The maximum absolute atomic E-state index is 11.8. The van der Waals surface area contributed by atoms with Crippen LogP contribution < -0.4 is 11.1 Å². The Labute approximate surface area is 91.4 Å². The van der Waals surface area contributed by atoms with Crippen LogP contribution in [-0.2, 0) is 0 Å². The van der Waals surface area contributed by atoms with Gasteiger partial charge in [0, 0.05) is 6.42 Å². The molecule has 0 aromatic rings. The molecule has 0 aromatic heterocycles. The molecule has 0 unspecified atom stereocenters. The Bertz CT molecular complexity index is 149. The zero-order chi connectivity index (χ0) is 12.5. The van der Waals surface area contributed by atoms with Gasteiger partial charge in [0.2, 0.25) is 0 Å². The Morgan fingerprint density at radius 3 is 2.00 bits per heavy atom. The lowest BCUT2D eigenvalue weighted by molar-refractivity contribution is -0.134. The minimum Gasteiger partial charge on any atom is -0.333 e. The number of nitrogens with two attached hydrogens (primary N) is 1. The molecule has 0 amide bonds. The van der Waals surface area contributed by atoms with Crippen LogP contribution in [0, 0.1) is 0 Å². The molecule has 0 aliphatic carbocycles. The molecule has 0 aliphatic heterocycles. The number of alkyl halides is 3. The van der Waals surface area contributed by atoms with Crippen molar-refractivity contribution in [2.75, 3.05) is 20.3 Å². The van der Waals surface area contributed by atoms with Crippen LogP contribution >= 0.6 is 0 Å². The van der Waals surface area contributed by atoms with Crippen LogP contribution in [0.1, 0.15) is 12.8 Å². The minimum absolute atomic E-state index is 0.282. The largest absolute Gasteiger partial charge is 0.389 e. The second-order valence-electron chi connectivity index (χ2n) is 4.16. The molecule has 0 fully saturated rings. The van der Waals surface area contributed by atoms with Crippen LogP contribution in [0.5, 0.6) is 0 Å². The highest BCUT2D eigenvalue weighted by Gasteiger charge is 2.28. The minimum atomic E-state index is -3.98. The average molecular weight is 244 g/mol. The first-order chi connectivity index (χ1) is 6.77. The average Bonchev–Trinajstić information content (AvgIpc) is 2.04. The monoisotopic (exact) mass is 244 g/mol. The Kier molecular flexibility index (Phi) is 9.38. The molecule has 0 aliphatic rings. The van der Waals surface area contributed by atoms with E-state index in [1.54, 1.807) is 0 Å². The highest BCUT2D eigenvalue weighted by atomic mass is 28.3. The van der Waals surface area contributed by atoms with Gasteiger partial charge in [-0.3, -0.25) is 0 Å². The third kappa shape index (κ3) is 13.9. The van der Waals surface area contributed by atoms with Crippen LogP contribution in [-0.4, -0.2) is 34.5 Å². The first-order valence-electron chi connectivity index (χ1n) is 5.06. The maximum Gasteiger partial charge on any atom is 0.389 e. The summed E-state index contributed by atoms with van der Waals surface area (Å²) in [7, 11) is 1.93. The van der Waals surface area contributed by atoms with Gasteiger partial charge in [-0.2, -0.15) is 13.2 Å². The van der Waals surface area contributed by atoms with Crippen molar-refractivity contribution in [2.45, 2.75) is 38.2 Å². The van der Waals surface area contributed by atoms with Crippen LogP contribution in [0.15, 0.2) is 0 Å². The summed E-state index contributed by atoms with van der Waals surface area (Å²) in [6.45, 7) is 4.22. The normalized spacial score (nSPS) is 12.0. The van der Waals surface area contributed by atoms with E-state index in [-0.39, 0.29) is 6.42 Å². The topological polar surface area (TPSA) is 38.0 Å². The van der Waals surface area contributed by atoms with Gasteiger partial charge in [0.05, 0.1) is 8.07 Å². The maximum atomic E-state index is 11.8. The summed E-state index contributed by atoms with van der Waals surface area (Å²) >= 11 is 0. The van der Waals surface area contributed by atoms with Crippen molar-refractivity contribution in [1.82, 2.24) is 5.32 Å². The number of hydrogen-bond acceptors (Lipinski definition) is 2. The van der Waals surface area contributed by atoms with Crippen LogP contribution in [0.2, 0.25) is 19.1 Å². The molecule has 2 nitrogen and oxygen atoms in total. The predicted octanol–water partition coefficient (Wildman–Crippen LogP) is 2.37. The molecule has 0 bridgehead atoms. The van der Waals surface area contributed by atoms with E-state index in [1.165, 1.54) is 7.05 Å². The van der Waals surface area contributed by atoms with Crippen molar-refractivity contribution in [2.24, 2.45) is 5.73 Å². The molecule has 0 atom stereocenters. The smallest absolute Gasteiger partial charge is 0.333 e. The standard InChI is InChI=1S/C8H18F3NSi.CH5N/c1-12-7-13(2,3)6-4-5-8(9,10)11;1-2/h12H,4-7H2,1-3H3;2H2,1H3. The molecular formula is C9H23F3N2Si. The molecule has 0 radical (unpaired) electrons. The highest BCUT2D eigenvalue weighted by Crippen LogP contribution is 2.24. The lowest BCUT2D eigenvalue weighted by Crippen LogP contribution is -2.38. The van der Waals surface area contributed by atoms with Gasteiger partial charge < -0.3 is 11.1 Å². The van der Waals surface area contributed by atoms with Gasteiger partial charge in [0.1, 0.15) is 0 Å². The molecule has 15 heavy (non-hydrogen) atoms. The molecule has 0 rings (SSSR count). The summed E-state index contributed by atoms with van der Waals surface area (Å²) in [5.41, 5.74) is 4.50. The zero-order valence-corrected chi connectivity index (χ0v) is 11.0. The fourth-order valence-electron chi connectivity index (χ4n) is 1.33. The van der Waals surface area contributed by atoms with Gasteiger partial charge in [0.15, 0.2) is 0 Å². The molecule has 3 N–H and O–H groups in total. The fraction of sp³-hybridized carbons (Fsp3) is 1.00. The molecule has 6 heteroatoms. The van der Waals surface area contributed by atoms with E-state index in [9.17, 15) is 13.2 Å². The zero-order valence-electron chi connectivity index (χ0n) is 10.0.